The van der Waals surface area contributed by atoms with E-state index in [4.69, 9.17) is 4.74 Å². The number of anilines is 1. The average Bonchev–Trinajstić information content (AvgIpc) is 3.05. The summed E-state index contributed by atoms with van der Waals surface area (Å²) in [6.45, 7) is 0.389. The zero-order valence-corrected chi connectivity index (χ0v) is 14.5. The van der Waals surface area contributed by atoms with Gasteiger partial charge in [-0.05, 0) is 25.0 Å². The van der Waals surface area contributed by atoms with E-state index in [1.165, 1.54) is 4.31 Å². The number of methoxy groups -OCH3 is 1. The minimum atomic E-state index is -3.39. The summed E-state index contributed by atoms with van der Waals surface area (Å²) in [5.41, 5.74) is 0.650. The second-order valence-corrected chi connectivity index (χ2v) is 7.82. The second kappa shape index (κ2) is 6.41. The summed E-state index contributed by atoms with van der Waals surface area (Å²) < 4.78 is 30.3. The first-order valence-corrected chi connectivity index (χ1v) is 9.60. The highest BCUT2D eigenvalue weighted by atomic mass is 32.2. The van der Waals surface area contributed by atoms with Crippen LogP contribution in [0, 0.1) is 0 Å². The van der Waals surface area contributed by atoms with Crippen molar-refractivity contribution in [1.82, 2.24) is 4.31 Å². The normalized spacial score (nSPS) is 18.7. The van der Waals surface area contributed by atoms with Crippen molar-refractivity contribution >= 4 is 32.4 Å². The molecular weight excluding hydrogens is 328 g/mol. The molecule has 128 valence electrons. The fourth-order valence-electron chi connectivity index (χ4n) is 3.17. The molecule has 0 aliphatic carbocycles. The van der Waals surface area contributed by atoms with Crippen molar-refractivity contribution in [2.24, 2.45) is 0 Å². The molecule has 0 saturated carbocycles. The summed E-state index contributed by atoms with van der Waals surface area (Å²) in [4.78, 5) is 12.6. The maximum Gasteiger partial charge on any atom is 0.242 e. The second-order valence-electron chi connectivity index (χ2n) is 5.88. The number of amides is 1. The largest absolute Gasteiger partial charge is 0.496 e. The van der Waals surface area contributed by atoms with E-state index in [9.17, 15) is 13.2 Å². The molecule has 1 aliphatic rings. The Labute approximate surface area is 141 Å². The van der Waals surface area contributed by atoms with Gasteiger partial charge in [0.05, 0.1) is 13.4 Å². The standard InChI is InChI=1S/C17H20N2O4S/c1-23-16-10-9-14(12-6-3-4-7-13(12)16)18-17(20)15-8-5-11-19(15)24(2,21)22/h3-4,6-7,9-10,15H,5,8,11H2,1-2H3,(H,18,20). The van der Waals surface area contributed by atoms with Crippen LogP contribution in [0.2, 0.25) is 0 Å². The molecule has 1 unspecified atom stereocenters. The molecule has 1 N–H and O–H groups in total. The van der Waals surface area contributed by atoms with Gasteiger partial charge in [-0.3, -0.25) is 4.79 Å². The van der Waals surface area contributed by atoms with Crippen LogP contribution in [0.15, 0.2) is 36.4 Å². The molecule has 0 radical (unpaired) electrons. The highest BCUT2D eigenvalue weighted by Crippen LogP contribution is 2.32. The molecule has 1 fully saturated rings. The number of nitrogens with one attached hydrogen (secondary N) is 1. The summed E-state index contributed by atoms with van der Waals surface area (Å²) in [5.74, 6) is 0.426. The average molecular weight is 348 g/mol. The maximum atomic E-state index is 12.6. The Morgan fingerprint density at radius 3 is 2.58 bits per heavy atom. The number of nitrogens with zero attached hydrogens (tertiary/aromatic N) is 1. The molecule has 0 spiro atoms. The van der Waals surface area contributed by atoms with Crippen molar-refractivity contribution in [3.8, 4) is 5.75 Å². The van der Waals surface area contributed by atoms with E-state index < -0.39 is 16.1 Å². The van der Waals surface area contributed by atoms with E-state index in [0.29, 0.717) is 25.1 Å². The van der Waals surface area contributed by atoms with Gasteiger partial charge >= 0.3 is 0 Å². The van der Waals surface area contributed by atoms with Gasteiger partial charge in [-0.1, -0.05) is 24.3 Å². The zero-order valence-electron chi connectivity index (χ0n) is 13.7. The number of fused-ring (bicyclic) bond motifs is 1. The summed E-state index contributed by atoms with van der Waals surface area (Å²) in [6, 6.07) is 10.5. The molecule has 2 aromatic rings. The van der Waals surface area contributed by atoms with Crippen LogP contribution in [0.3, 0.4) is 0 Å². The van der Waals surface area contributed by atoms with E-state index in [2.05, 4.69) is 5.32 Å². The molecule has 6 nitrogen and oxygen atoms in total. The fourth-order valence-corrected chi connectivity index (χ4v) is 4.30. The van der Waals surface area contributed by atoms with Gasteiger partial charge in [-0.15, -0.1) is 0 Å². The molecule has 1 saturated heterocycles. The quantitative estimate of drug-likeness (QED) is 0.919. The van der Waals surface area contributed by atoms with E-state index in [1.807, 2.05) is 24.3 Å². The van der Waals surface area contributed by atoms with Crippen molar-refractivity contribution < 1.29 is 17.9 Å². The van der Waals surface area contributed by atoms with Crippen LogP contribution in [0.1, 0.15) is 12.8 Å². The number of carbonyl (C=O) groups excluding carboxylic acids is 1. The van der Waals surface area contributed by atoms with Crippen LogP contribution in [0.4, 0.5) is 5.69 Å². The number of sulfonamides is 1. The molecule has 7 heteroatoms. The van der Waals surface area contributed by atoms with Crippen LogP contribution >= 0.6 is 0 Å². The molecule has 1 amide bonds. The van der Waals surface area contributed by atoms with Crippen LogP contribution in [-0.2, 0) is 14.8 Å². The molecular formula is C17H20N2O4S. The van der Waals surface area contributed by atoms with E-state index in [1.54, 1.807) is 19.2 Å². The van der Waals surface area contributed by atoms with Crippen LogP contribution < -0.4 is 10.1 Å². The monoisotopic (exact) mass is 348 g/mol. The maximum absolute atomic E-state index is 12.6. The van der Waals surface area contributed by atoms with Gasteiger partial charge in [0.1, 0.15) is 11.8 Å². The summed E-state index contributed by atoms with van der Waals surface area (Å²) in [6.07, 6.45) is 2.36. The third kappa shape index (κ3) is 3.09. The van der Waals surface area contributed by atoms with Crippen molar-refractivity contribution in [3.63, 3.8) is 0 Å². The zero-order chi connectivity index (χ0) is 17.3. The first-order chi connectivity index (χ1) is 11.4. The fraction of sp³-hybridized carbons (Fsp3) is 0.353. The lowest BCUT2D eigenvalue weighted by atomic mass is 10.1. The topological polar surface area (TPSA) is 75.7 Å². The Balaban J connectivity index is 1.92. The first-order valence-electron chi connectivity index (χ1n) is 7.75. The van der Waals surface area contributed by atoms with Crippen molar-refractivity contribution in [3.05, 3.63) is 36.4 Å². The van der Waals surface area contributed by atoms with E-state index in [-0.39, 0.29) is 5.91 Å². The lowest BCUT2D eigenvalue weighted by Crippen LogP contribution is -2.42. The highest BCUT2D eigenvalue weighted by Gasteiger charge is 2.36. The minimum absolute atomic E-state index is 0.298. The predicted octanol–water partition coefficient (Wildman–Crippen LogP) is 2.21. The van der Waals surface area contributed by atoms with Gasteiger partial charge in [-0.2, -0.15) is 4.31 Å². The van der Waals surface area contributed by atoms with Gasteiger partial charge in [0.2, 0.25) is 15.9 Å². The van der Waals surface area contributed by atoms with Gasteiger partial charge in [-0.25, -0.2) is 8.42 Å². The van der Waals surface area contributed by atoms with Crippen LogP contribution in [-0.4, -0.2) is 44.6 Å². The Hall–Kier alpha value is -2.12. The number of carbonyl (C=O) groups is 1. The molecule has 1 aliphatic heterocycles. The number of ether oxygens (including phenoxy) is 1. The molecule has 1 heterocycles. The third-order valence-electron chi connectivity index (χ3n) is 4.29. The molecule has 1 atom stereocenters. The first kappa shape index (κ1) is 16.7. The third-order valence-corrected chi connectivity index (χ3v) is 5.58. The van der Waals surface area contributed by atoms with Gasteiger partial charge in [0.25, 0.3) is 0 Å². The number of benzene rings is 2. The lowest BCUT2D eigenvalue weighted by Gasteiger charge is -2.22. The smallest absolute Gasteiger partial charge is 0.242 e. The van der Waals surface area contributed by atoms with Crippen LogP contribution in [0.25, 0.3) is 10.8 Å². The Morgan fingerprint density at radius 2 is 1.92 bits per heavy atom. The summed E-state index contributed by atoms with van der Waals surface area (Å²) in [7, 11) is -1.79. The van der Waals surface area contributed by atoms with Crippen LogP contribution in [0.5, 0.6) is 5.75 Å². The summed E-state index contributed by atoms with van der Waals surface area (Å²) >= 11 is 0. The molecule has 3 rings (SSSR count). The van der Waals surface area contributed by atoms with E-state index >= 15 is 0 Å². The number of rotatable bonds is 4. The molecule has 0 bridgehead atoms. The Kier molecular flexibility index (Phi) is 4.47. The number of hydrogen-bond donors (Lipinski definition) is 1. The Bertz CT molecular complexity index is 879. The SMILES string of the molecule is COc1ccc(NC(=O)C2CCCN2S(C)(=O)=O)c2ccccc12. The molecule has 24 heavy (non-hydrogen) atoms. The minimum Gasteiger partial charge on any atom is -0.496 e. The van der Waals surface area contributed by atoms with Gasteiger partial charge in [0, 0.05) is 23.0 Å². The highest BCUT2D eigenvalue weighted by molar-refractivity contribution is 7.88. The van der Waals surface area contributed by atoms with E-state index in [0.717, 1.165) is 22.8 Å². The Morgan fingerprint density at radius 1 is 1.21 bits per heavy atom. The molecule has 0 aromatic heterocycles. The molecule has 2 aromatic carbocycles. The van der Waals surface area contributed by atoms with Crippen molar-refractivity contribution in [1.29, 1.82) is 0 Å². The summed E-state index contributed by atoms with van der Waals surface area (Å²) in [5, 5.41) is 4.63. The number of hydrogen-bond acceptors (Lipinski definition) is 4. The lowest BCUT2D eigenvalue weighted by molar-refractivity contribution is -0.119. The predicted molar refractivity (Wildman–Crippen MR) is 93.7 cm³/mol. The van der Waals surface area contributed by atoms with Gasteiger partial charge < -0.3 is 10.1 Å². The van der Waals surface area contributed by atoms with Gasteiger partial charge in [0.15, 0.2) is 0 Å². The van der Waals surface area contributed by atoms with Crippen molar-refractivity contribution in [2.45, 2.75) is 18.9 Å². The van der Waals surface area contributed by atoms with Crippen molar-refractivity contribution in [2.75, 3.05) is 25.2 Å².